The molecule has 0 N–H and O–H groups in total. The number of aryl methyl sites for hydroxylation is 1. The highest BCUT2D eigenvalue weighted by Gasteiger charge is 2.51. The minimum atomic E-state index is -0.334. The first kappa shape index (κ1) is 14.0. The number of rotatable bonds is 1. The number of likely N-dealkylation sites (tertiary alicyclic amines) is 1. The fourth-order valence-electron chi connectivity index (χ4n) is 3.82. The molecule has 1 fully saturated rings. The summed E-state index contributed by atoms with van der Waals surface area (Å²) in [5.41, 5.74) is 0.945. The molecule has 112 valence electrons. The van der Waals surface area contributed by atoms with Crippen molar-refractivity contribution in [2.45, 2.75) is 27.2 Å². The van der Waals surface area contributed by atoms with Crippen LogP contribution in [0.15, 0.2) is 23.9 Å². The van der Waals surface area contributed by atoms with Crippen LogP contribution in [0.3, 0.4) is 0 Å². The van der Waals surface area contributed by atoms with E-state index in [1.165, 1.54) is 0 Å². The number of amides is 1. The van der Waals surface area contributed by atoms with Gasteiger partial charge in [0.2, 0.25) is 0 Å². The zero-order chi connectivity index (χ0) is 15.4. The lowest BCUT2D eigenvalue weighted by molar-refractivity contribution is -0.127. The lowest BCUT2D eigenvalue weighted by Gasteiger charge is -2.53. The second kappa shape index (κ2) is 4.29. The SMILES string of the molecule is CC1=CC2(CN(C(=O)c3ccn(C)n3)C2)CC(C)(C)C1=O. The smallest absolute Gasteiger partial charge is 0.274 e. The van der Waals surface area contributed by atoms with Gasteiger partial charge in [-0.2, -0.15) is 5.10 Å². The van der Waals surface area contributed by atoms with E-state index in [1.54, 1.807) is 24.0 Å². The molecule has 0 atom stereocenters. The van der Waals surface area contributed by atoms with Crippen molar-refractivity contribution in [1.82, 2.24) is 14.7 Å². The molecule has 2 aliphatic rings. The first-order valence-corrected chi connectivity index (χ1v) is 7.26. The van der Waals surface area contributed by atoms with Gasteiger partial charge in [-0.15, -0.1) is 0 Å². The third-order valence-corrected chi connectivity index (χ3v) is 4.52. The van der Waals surface area contributed by atoms with Crippen molar-refractivity contribution in [2.24, 2.45) is 17.9 Å². The van der Waals surface area contributed by atoms with Crippen LogP contribution in [0.4, 0.5) is 0 Å². The number of ketones is 1. The highest BCUT2D eigenvalue weighted by molar-refractivity contribution is 6.00. The first-order valence-electron chi connectivity index (χ1n) is 7.26. The number of carbonyl (C=O) groups excluding carboxylic acids is 2. The minimum Gasteiger partial charge on any atom is -0.335 e. The standard InChI is InChI=1S/C16H21N3O2/c1-11-7-16(8-15(2,3)13(11)20)9-19(10-16)14(21)12-5-6-18(4)17-12/h5-7H,8-10H2,1-4H3. The third-order valence-electron chi connectivity index (χ3n) is 4.52. The molecule has 0 radical (unpaired) electrons. The van der Waals surface area contributed by atoms with Crippen LogP contribution >= 0.6 is 0 Å². The summed E-state index contributed by atoms with van der Waals surface area (Å²) in [4.78, 5) is 26.3. The molecule has 0 unspecified atom stereocenters. The molecule has 0 aromatic carbocycles. The molecular formula is C16H21N3O2. The zero-order valence-corrected chi connectivity index (χ0v) is 13.0. The van der Waals surface area contributed by atoms with Crippen LogP contribution in [0.2, 0.25) is 0 Å². The van der Waals surface area contributed by atoms with Crippen LogP contribution in [0, 0.1) is 10.8 Å². The Morgan fingerprint density at radius 1 is 1.33 bits per heavy atom. The van der Waals surface area contributed by atoms with Gasteiger partial charge in [-0.1, -0.05) is 19.9 Å². The van der Waals surface area contributed by atoms with E-state index in [1.807, 2.05) is 25.7 Å². The number of hydrogen-bond donors (Lipinski definition) is 0. The number of carbonyl (C=O) groups is 2. The highest BCUT2D eigenvalue weighted by Crippen LogP contribution is 2.48. The predicted molar refractivity (Wildman–Crippen MR) is 78.7 cm³/mol. The summed E-state index contributed by atoms with van der Waals surface area (Å²) in [6.07, 6.45) is 4.65. The largest absolute Gasteiger partial charge is 0.335 e. The van der Waals surface area contributed by atoms with E-state index < -0.39 is 0 Å². The van der Waals surface area contributed by atoms with Gasteiger partial charge in [0, 0.05) is 37.2 Å². The van der Waals surface area contributed by atoms with Gasteiger partial charge in [0.05, 0.1) is 0 Å². The average molecular weight is 287 g/mol. The molecule has 2 heterocycles. The summed E-state index contributed by atoms with van der Waals surface area (Å²) in [7, 11) is 1.80. The summed E-state index contributed by atoms with van der Waals surface area (Å²) < 4.78 is 1.63. The van der Waals surface area contributed by atoms with Crippen molar-refractivity contribution < 1.29 is 9.59 Å². The molecule has 1 amide bonds. The summed E-state index contributed by atoms with van der Waals surface area (Å²) in [6.45, 7) is 7.23. The van der Waals surface area contributed by atoms with Gasteiger partial charge >= 0.3 is 0 Å². The first-order chi connectivity index (χ1) is 9.72. The van der Waals surface area contributed by atoms with Crippen LogP contribution in [-0.4, -0.2) is 39.5 Å². The normalized spacial score (nSPS) is 23.0. The maximum absolute atomic E-state index is 12.3. The Balaban J connectivity index is 1.76. The second-order valence-corrected chi connectivity index (χ2v) is 7.12. The maximum Gasteiger partial charge on any atom is 0.274 e. The van der Waals surface area contributed by atoms with Crippen molar-refractivity contribution in [1.29, 1.82) is 0 Å². The third kappa shape index (κ3) is 2.20. The van der Waals surface area contributed by atoms with Gasteiger partial charge in [0.15, 0.2) is 5.78 Å². The van der Waals surface area contributed by atoms with E-state index in [4.69, 9.17) is 0 Å². The quantitative estimate of drug-likeness (QED) is 0.791. The Morgan fingerprint density at radius 3 is 2.52 bits per heavy atom. The Bertz CT molecular complexity index is 648. The van der Waals surface area contributed by atoms with Crippen molar-refractivity contribution in [2.75, 3.05) is 13.1 Å². The molecule has 1 aliphatic heterocycles. The molecule has 5 nitrogen and oxygen atoms in total. The fourth-order valence-corrected chi connectivity index (χ4v) is 3.82. The van der Waals surface area contributed by atoms with E-state index in [2.05, 4.69) is 11.2 Å². The topological polar surface area (TPSA) is 55.2 Å². The van der Waals surface area contributed by atoms with Crippen LogP contribution in [0.25, 0.3) is 0 Å². The van der Waals surface area contributed by atoms with Crippen LogP contribution in [0.1, 0.15) is 37.7 Å². The lowest BCUT2D eigenvalue weighted by atomic mass is 9.61. The fraction of sp³-hybridized carbons (Fsp3) is 0.562. The van der Waals surface area contributed by atoms with E-state index in [9.17, 15) is 9.59 Å². The van der Waals surface area contributed by atoms with Gasteiger partial charge in [0.25, 0.3) is 5.91 Å². The van der Waals surface area contributed by atoms with Gasteiger partial charge in [0.1, 0.15) is 5.69 Å². The molecule has 21 heavy (non-hydrogen) atoms. The predicted octanol–water partition coefficient (Wildman–Crippen LogP) is 1.81. The summed E-state index contributed by atoms with van der Waals surface area (Å²) >= 11 is 0. The van der Waals surface area contributed by atoms with Gasteiger partial charge in [-0.05, 0) is 25.0 Å². The molecular weight excluding hydrogens is 266 g/mol. The van der Waals surface area contributed by atoms with Gasteiger partial charge in [-0.3, -0.25) is 14.3 Å². The Labute approximate surface area is 124 Å². The number of nitrogens with zero attached hydrogens (tertiary/aromatic N) is 3. The van der Waals surface area contributed by atoms with Crippen LogP contribution in [-0.2, 0) is 11.8 Å². The molecule has 0 bridgehead atoms. The van der Waals surface area contributed by atoms with Gasteiger partial charge < -0.3 is 4.90 Å². The molecule has 1 aromatic rings. The molecule has 1 spiro atoms. The Morgan fingerprint density at radius 2 is 2.00 bits per heavy atom. The molecule has 3 rings (SSSR count). The highest BCUT2D eigenvalue weighted by atomic mass is 16.2. The maximum atomic E-state index is 12.3. The number of allylic oxidation sites excluding steroid dienone is 1. The molecule has 1 aromatic heterocycles. The van der Waals surface area contributed by atoms with Crippen LogP contribution in [0.5, 0.6) is 0 Å². The second-order valence-electron chi connectivity index (χ2n) is 7.12. The Hall–Kier alpha value is -1.91. The van der Waals surface area contributed by atoms with Crippen LogP contribution < -0.4 is 0 Å². The van der Waals surface area contributed by atoms with Crippen molar-refractivity contribution in [3.8, 4) is 0 Å². The molecule has 1 saturated heterocycles. The van der Waals surface area contributed by atoms with Crippen molar-refractivity contribution in [3.63, 3.8) is 0 Å². The monoisotopic (exact) mass is 287 g/mol. The summed E-state index contributed by atoms with van der Waals surface area (Å²) in [5.74, 6) is 0.199. The molecule has 5 heteroatoms. The van der Waals surface area contributed by atoms with E-state index in [0.29, 0.717) is 18.8 Å². The average Bonchev–Trinajstić information content (AvgIpc) is 2.78. The zero-order valence-electron chi connectivity index (χ0n) is 13.0. The lowest BCUT2D eigenvalue weighted by Crippen LogP contribution is -2.60. The molecule has 0 saturated carbocycles. The van der Waals surface area contributed by atoms with E-state index >= 15 is 0 Å². The minimum absolute atomic E-state index is 0.0259. The van der Waals surface area contributed by atoms with Crippen molar-refractivity contribution in [3.05, 3.63) is 29.6 Å². The molecule has 1 aliphatic carbocycles. The number of Topliss-reactive ketones (excluding diaryl/α,β-unsaturated/α-hetero) is 1. The van der Waals surface area contributed by atoms with Gasteiger partial charge in [-0.25, -0.2) is 0 Å². The van der Waals surface area contributed by atoms with E-state index in [0.717, 1.165) is 12.0 Å². The number of aromatic nitrogens is 2. The number of hydrogen-bond acceptors (Lipinski definition) is 3. The van der Waals surface area contributed by atoms with Crippen molar-refractivity contribution >= 4 is 11.7 Å². The van der Waals surface area contributed by atoms with E-state index in [-0.39, 0.29) is 22.5 Å². The Kier molecular flexibility index (Phi) is 2.87. The summed E-state index contributed by atoms with van der Waals surface area (Å²) in [5, 5.41) is 4.16. The summed E-state index contributed by atoms with van der Waals surface area (Å²) in [6, 6.07) is 1.74.